The summed E-state index contributed by atoms with van der Waals surface area (Å²) in [5, 5.41) is 3.69. The summed E-state index contributed by atoms with van der Waals surface area (Å²) in [7, 11) is 0. The van der Waals surface area contributed by atoms with Crippen LogP contribution in [0.5, 0.6) is 0 Å². The molecule has 3 N–H and O–H groups in total. The Balaban J connectivity index is 1.65. The van der Waals surface area contributed by atoms with Crippen molar-refractivity contribution in [3.05, 3.63) is 33.7 Å². The number of rotatable bonds is 5. The summed E-state index contributed by atoms with van der Waals surface area (Å²) >= 11 is 1.36. The largest absolute Gasteiger partial charge is 0.367 e. The van der Waals surface area contributed by atoms with Crippen LogP contribution in [0.4, 0.5) is 5.82 Å². The van der Waals surface area contributed by atoms with Crippen LogP contribution in [0.15, 0.2) is 12.4 Å². The van der Waals surface area contributed by atoms with Gasteiger partial charge in [-0.3, -0.25) is 14.6 Å². The Kier molecular flexibility index (Phi) is 5.43. The van der Waals surface area contributed by atoms with Gasteiger partial charge >= 0.3 is 0 Å². The lowest BCUT2D eigenvalue weighted by Gasteiger charge is -2.32. The Bertz CT molecular complexity index is 824. The van der Waals surface area contributed by atoms with E-state index in [4.69, 9.17) is 10.5 Å². The van der Waals surface area contributed by atoms with Gasteiger partial charge in [0.2, 0.25) is 5.91 Å². The van der Waals surface area contributed by atoms with Gasteiger partial charge < -0.3 is 20.7 Å². The van der Waals surface area contributed by atoms with Crippen molar-refractivity contribution in [3.63, 3.8) is 0 Å². The molecule has 0 spiro atoms. The molecule has 2 aromatic heterocycles. The molecular weight excluding hydrogens is 356 g/mol. The number of hydrogen-bond donors (Lipinski definition) is 2. The maximum atomic E-state index is 12.3. The Morgan fingerprint density at radius 1 is 1.38 bits per heavy atom. The van der Waals surface area contributed by atoms with Crippen molar-refractivity contribution >= 4 is 29.0 Å². The van der Waals surface area contributed by atoms with E-state index < -0.39 is 12.0 Å². The third-order valence-corrected chi connectivity index (χ3v) is 4.99. The van der Waals surface area contributed by atoms with Crippen LogP contribution in [-0.2, 0) is 16.1 Å². The SMILES string of the molecule is Cc1nc(C)c(C(=O)NCc2cncc(N3CCOC(C(N)=O)C3)n2)s1. The molecule has 0 bridgehead atoms. The minimum Gasteiger partial charge on any atom is -0.367 e. The fourth-order valence-electron chi connectivity index (χ4n) is 2.65. The number of nitrogens with one attached hydrogen (secondary N) is 1. The molecule has 0 radical (unpaired) electrons. The molecule has 0 aliphatic carbocycles. The molecule has 1 unspecified atom stereocenters. The number of aromatic nitrogens is 3. The standard InChI is InChI=1S/C16H20N6O3S/c1-9-14(26-10(2)20-9)16(24)19-6-11-5-18-7-13(21-11)22-3-4-25-12(8-22)15(17)23/h5,7,12H,3-4,6,8H2,1-2H3,(H2,17,23)(H,19,24). The number of morpholine rings is 1. The second-order valence-electron chi connectivity index (χ2n) is 5.91. The Morgan fingerprint density at radius 2 is 2.19 bits per heavy atom. The molecule has 1 saturated heterocycles. The van der Waals surface area contributed by atoms with Gasteiger partial charge in [-0.1, -0.05) is 0 Å². The van der Waals surface area contributed by atoms with E-state index in [1.807, 2.05) is 18.7 Å². The normalized spacial score (nSPS) is 17.2. The van der Waals surface area contributed by atoms with Crippen LogP contribution in [0.2, 0.25) is 0 Å². The maximum absolute atomic E-state index is 12.3. The number of carbonyl (C=O) groups excluding carboxylic acids is 2. The number of nitrogens with two attached hydrogens (primary N) is 1. The average Bonchev–Trinajstić information content (AvgIpc) is 2.98. The number of ether oxygens (including phenoxy) is 1. The van der Waals surface area contributed by atoms with Crippen LogP contribution in [0.3, 0.4) is 0 Å². The second kappa shape index (κ2) is 7.75. The zero-order valence-corrected chi connectivity index (χ0v) is 15.4. The lowest BCUT2D eigenvalue weighted by molar-refractivity contribution is -0.130. The molecular formula is C16H20N6O3S. The summed E-state index contributed by atoms with van der Waals surface area (Å²) in [4.78, 5) is 39.1. The lowest BCUT2D eigenvalue weighted by atomic mass is 10.2. The van der Waals surface area contributed by atoms with Crippen molar-refractivity contribution in [2.75, 3.05) is 24.6 Å². The van der Waals surface area contributed by atoms with Crippen LogP contribution in [-0.4, -0.2) is 52.6 Å². The van der Waals surface area contributed by atoms with E-state index in [0.717, 1.165) is 10.7 Å². The van der Waals surface area contributed by atoms with E-state index in [1.54, 1.807) is 12.4 Å². The average molecular weight is 376 g/mol. The van der Waals surface area contributed by atoms with Gasteiger partial charge in [-0.25, -0.2) is 9.97 Å². The van der Waals surface area contributed by atoms with Gasteiger partial charge in [0.15, 0.2) is 6.10 Å². The third kappa shape index (κ3) is 4.14. The van der Waals surface area contributed by atoms with Gasteiger partial charge in [-0.15, -0.1) is 11.3 Å². The molecule has 1 aliphatic heterocycles. The minimum absolute atomic E-state index is 0.180. The van der Waals surface area contributed by atoms with Gasteiger partial charge in [0, 0.05) is 6.54 Å². The summed E-state index contributed by atoms with van der Waals surface area (Å²) in [6.07, 6.45) is 2.55. The summed E-state index contributed by atoms with van der Waals surface area (Å²) < 4.78 is 5.34. The molecule has 26 heavy (non-hydrogen) atoms. The summed E-state index contributed by atoms with van der Waals surface area (Å²) in [5.41, 5.74) is 6.65. The number of nitrogens with zero attached hydrogens (tertiary/aromatic N) is 4. The van der Waals surface area contributed by atoms with Gasteiger partial charge in [0.25, 0.3) is 5.91 Å². The van der Waals surface area contributed by atoms with E-state index in [9.17, 15) is 9.59 Å². The Labute approximate surface area is 154 Å². The maximum Gasteiger partial charge on any atom is 0.263 e. The second-order valence-corrected chi connectivity index (χ2v) is 7.11. The number of primary amides is 1. The van der Waals surface area contributed by atoms with Crippen molar-refractivity contribution in [3.8, 4) is 0 Å². The van der Waals surface area contributed by atoms with Crippen LogP contribution in [0, 0.1) is 13.8 Å². The molecule has 3 rings (SSSR count). The monoisotopic (exact) mass is 376 g/mol. The van der Waals surface area contributed by atoms with Gasteiger partial charge in [0.05, 0.1) is 48.5 Å². The van der Waals surface area contributed by atoms with Crippen molar-refractivity contribution in [1.82, 2.24) is 20.3 Å². The van der Waals surface area contributed by atoms with Crippen molar-refractivity contribution < 1.29 is 14.3 Å². The fraction of sp³-hybridized carbons (Fsp3) is 0.438. The van der Waals surface area contributed by atoms with Gasteiger partial charge in [0.1, 0.15) is 10.7 Å². The van der Waals surface area contributed by atoms with E-state index >= 15 is 0 Å². The zero-order chi connectivity index (χ0) is 18.7. The first-order valence-corrected chi connectivity index (χ1v) is 8.94. The fourth-order valence-corrected chi connectivity index (χ4v) is 3.49. The topological polar surface area (TPSA) is 123 Å². The predicted molar refractivity (Wildman–Crippen MR) is 95.9 cm³/mol. The van der Waals surface area contributed by atoms with Crippen LogP contribution >= 0.6 is 11.3 Å². The molecule has 1 fully saturated rings. The van der Waals surface area contributed by atoms with E-state index in [-0.39, 0.29) is 12.5 Å². The first-order chi connectivity index (χ1) is 12.4. The summed E-state index contributed by atoms with van der Waals surface area (Å²) in [5.74, 6) is -0.0575. The molecule has 1 atom stereocenters. The highest BCUT2D eigenvalue weighted by atomic mass is 32.1. The Hall–Kier alpha value is -2.59. The highest BCUT2D eigenvalue weighted by Gasteiger charge is 2.25. The number of aryl methyl sites for hydroxylation is 2. The number of carbonyl (C=O) groups is 2. The highest BCUT2D eigenvalue weighted by molar-refractivity contribution is 7.13. The number of hydrogen-bond acceptors (Lipinski definition) is 8. The first kappa shape index (κ1) is 18.2. The number of thiazole rings is 1. The zero-order valence-electron chi connectivity index (χ0n) is 14.6. The van der Waals surface area contributed by atoms with Crippen molar-refractivity contribution in [2.45, 2.75) is 26.5 Å². The minimum atomic E-state index is -0.661. The van der Waals surface area contributed by atoms with Crippen molar-refractivity contribution in [1.29, 1.82) is 0 Å². The molecule has 0 aromatic carbocycles. The molecule has 2 aromatic rings. The highest BCUT2D eigenvalue weighted by Crippen LogP contribution is 2.17. The quantitative estimate of drug-likeness (QED) is 0.762. The predicted octanol–water partition coefficient (Wildman–Crippen LogP) is 0.170. The smallest absolute Gasteiger partial charge is 0.263 e. The third-order valence-electron chi connectivity index (χ3n) is 3.92. The number of anilines is 1. The van der Waals surface area contributed by atoms with Gasteiger partial charge in [-0.2, -0.15) is 0 Å². The number of amides is 2. The molecule has 10 heteroatoms. The lowest BCUT2D eigenvalue weighted by Crippen LogP contribution is -2.48. The summed E-state index contributed by atoms with van der Waals surface area (Å²) in [6, 6.07) is 0. The first-order valence-electron chi connectivity index (χ1n) is 8.13. The molecule has 0 saturated carbocycles. The molecule has 9 nitrogen and oxygen atoms in total. The van der Waals surface area contributed by atoms with E-state index in [0.29, 0.717) is 36.1 Å². The van der Waals surface area contributed by atoms with Crippen LogP contribution < -0.4 is 16.0 Å². The van der Waals surface area contributed by atoms with E-state index in [2.05, 4.69) is 20.3 Å². The van der Waals surface area contributed by atoms with Crippen molar-refractivity contribution in [2.24, 2.45) is 5.73 Å². The molecule has 138 valence electrons. The Morgan fingerprint density at radius 3 is 2.88 bits per heavy atom. The summed E-state index contributed by atoms with van der Waals surface area (Å²) in [6.45, 7) is 5.24. The molecule has 2 amide bonds. The molecule has 3 heterocycles. The molecule has 1 aliphatic rings. The van der Waals surface area contributed by atoms with Crippen LogP contribution in [0.1, 0.15) is 26.1 Å². The van der Waals surface area contributed by atoms with Crippen LogP contribution in [0.25, 0.3) is 0 Å². The van der Waals surface area contributed by atoms with Gasteiger partial charge in [-0.05, 0) is 13.8 Å². The van der Waals surface area contributed by atoms with E-state index in [1.165, 1.54) is 11.3 Å².